The minimum Gasteiger partial charge on any atom is -0.495 e. The SMILES string of the molecule is CCOc1cc2ccccc2cc1C(=O)Nc1cc(S(=O)(=O)N(C)C)ccc1OC. The molecule has 3 aromatic carbocycles. The number of hydrogen-bond donors (Lipinski definition) is 1. The Kier molecular flexibility index (Phi) is 6.28. The number of carbonyl (C=O) groups excluding carboxylic acids is 1. The third kappa shape index (κ3) is 4.24. The van der Waals surface area contributed by atoms with E-state index >= 15 is 0 Å². The highest BCUT2D eigenvalue weighted by atomic mass is 32.2. The highest BCUT2D eigenvalue weighted by Crippen LogP contribution is 2.31. The number of fused-ring (bicyclic) bond motifs is 1. The first-order chi connectivity index (χ1) is 14.3. The first-order valence-electron chi connectivity index (χ1n) is 9.35. The van der Waals surface area contributed by atoms with E-state index in [0.717, 1.165) is 15.1 Å². The monoisotopic (exact) mass is 428 g/mol. The van der Waals surface area contributed by atoms with Crippen molar-refractivity contribution in [1.29, 1.82) is 0 Å². The predicted octanol–water partition coefficient (Wildman–Crippen LogP) is 3.75. The molecule has 3 aromatic rings. The van der Waals surface area contributed by atoms with Crippen molar-refractivity contribution < 1.29 is 22.7 Å². The van der Waals surface area contributed by atoms with Gasteiger partial charge in [-0.3, -0.25) is 4.79 Å². The zero-order valence-electron chi connectivity index (χ0n) is 17.3. The van der Waals surface area contributed by atoms with Crippen molar-refractivity contribution in [2.75, 3.05) is 33.1 Å². The first kappa shape index (κ1) is 21.6. The number of carbonyl (C=O) groups is 1. The van der Waals surface area contributed by atoms with Gasteiger partial charge in [0.15, 0.2) is 0 Å². The Bertz CT molecular complexity index is 1190. The third-order valence-electron chi connectivity index (χ3n) is 4.59. The van der Waals surface area contributed by atoms with Gasteiger partial charge in [0.1, 0.15) is 11.5 Å². The molecule has 0 bridgehead atoms. The van der Waals surface area contributed by atoms with Crippen molar-refractivity contribution in [2.24, 2.45) is 0 Å². The van der Waals surface area contributed by atoms with Gasteiger partial charge in [-0.1, -0.05) is 24.3 Å². The molecule has 0 radical (unpaired) electrons. The van der Waals surface area contributed by atoms with Gasteiger partial charge < -0.3 is 14.8 Å². The minimum absolute atomic E-state index is 0.0483. The Morgan fingerprint density at radius 3 is 2.27 bits per heavy atom. The lowest BCUT2D eigenvalue weighted by Gasteiger charge is -2.16. The molecule has 0 fully saturated rings. The highest BCUT2D eigenvalue weighted by Gasteiger charge is 2.21. The van der Waals surface area contributed by atoms with Gasteiger partial charge in [-0.15, -0.1) is 0 Å². The van der Waals surface area contributed by atoms with E-state index < -0.39 is 15.9 Å². The van der Waals surface area contributed by atoms with Crippen LogP contribution in [0.2, 0.25) is 0 Å². The van der Waals surface area contributed by atoms with E-state index in [0.29, 0.717) is 23.7 Å². The number of ether oxygens (including phenoxy) is 2. The van der Waals surface area contributed by atoms with Gasteiger partial charge in [0.05, 0.1) is 29.9 Å². The van der Waals surface area contributed by atoms with Gasteiger partial charge in [-0.05, 0) is 48.0 Å². The number of sulfonamides is 1. The molecular weight excluding hydrogens is 404 g/mol. The quantitative estimate of drug-likeness (QED) is 0.620. The normalized spacial score (nSPS) is 11.5. The Morgan fingerprint density at radius 2 is 1.67 bits per heavy atom. The summed E-state index contributed by atoms with van der Waals surface area (Å²) in [6.07, 6.45) is 0. The van der Waals surface area contributed by atoms with Crippen LogP contribution in [-0.2, 0) is 10.0 Å². The molecule has 0 atom stereocenters. The van der Waals surface area contributed by atoms with Gasteiger partial charge in [0.25, 0.3) is 5.91 Å². The van der Waals surface area contributed by atoms with Gasteiger partial charge in [0.2, 0.25) is 10.0 Å². The highest BCUT2D eigenvalue weighted by molar-refractivity contribution is 7.89. The van der Waals surface area contributed by atoms with Crippen LogP contribution < -0.4 is 14.8 Å². The molecule has 0 heterocycles. The molecule has 8 heteroatoms. The zero-order valence-corrected chi connectivity index (χ0v) is 18.1. The molecule has 7 nitrogen and oxygen atoms in total. The van der Waals surface area contributed by atoms with E-state index in [4.69, 9.17) is 9.47 Å². The number of methoxy groups -OCH3 is 1. The summed E-state index contributed by atoms with van der Waals surface area (Å²) in [5, 5.41) is 4.61. The fraction of sp³-hybridized carbons (Fsp3) is 0.227. The van der Waals surface area contributed by atoms with E-state index in [1.807, 2.05) is 37.3 Å². The van der Waals surface area contributed by atoms with Gasteiger partial charge >= 0.3 is 0 Å². The van der Waals surface area contributed by atoms with Crippen LogP contribution in [0.4, 0.5) is 5.69 Å². The lowest BCUT2D eigenvalue weighted by Crippen LogP contribution is -2.22. The number of hydrogen-bond acceptors (Lipinski definition) is 5. The number of nitrogens with zero attached hydrogens (tertiary/aromatic N) is 1. The second kappa shape index (κ2) is 8.73. The van der Waals surface area contributed by atoms with Crippen molar-refractivity contribution in [3.63, 3.8) is 0 Å². The summed E-state index contributed by atoms with van der Waals surface area (Å²) in [6.45, 7) is 2.24. The summed E-state index contributed by atoms with van der Waals surface area (Å²) >= 11 is 0. The molecule has 0 saturated heterocycles. The summed E-state index contributed by atoms with van der Waals surface area (Å²) in [5.41, 5.74) is 0.597. The third-order valence-corrected chi connectivity index (χ3v) is 6.40. The largest absolute Gasteiger partial charge is 0.495 e. The lowest BCUT2D eigenvalue weighted by atomic mass is 10.1. The van der Waals surface area contributed by atoms with E-state index in [9.17, 15) is 13.2 Å². The molecular formula is C22H24N2O5S. The molecule has 0 saturated carbocycles. The van der Waals surface area contributed by atoms with Crippen LogP contribution in [0.15, 0.2) is 59.5 Å². The fourth-order valence-electron chi connectivity index (χ4n) is 3.02. The van der Waals surface area contributed by atoms with Crippen LogP contribution in [0.5, 0.6) is 11.5 Å². The van der Waals surface area contributed by atoms with E-state index in [1.165, 1.54) is 39.4 Å². The molecule has 0 aromatic heterocycles. The van der Waals surface area contributed by atoms with Crippen LogP contribution in [0.3, 0.4) is 0 Å². The second-order valence-electron chi connectivity index (χ2n) is 6.73. The maximum atomic E-state index is 13.1. The number of nitrogens with one attached hydrogen (secondary N) is 1. The van der Waals surface area contributed by atoms with Gasteiger partial charge in [0, 0.05) is 14.1 Å². The number of amides is 1. The molecule has 158 valence electrons. The van der Waals surface area contributed by atoms with Crippen molar-refractivity contribution in [2.45, 2.75) is 11.8 Å². The molecule has 3 rings (SSSR count). The summed E-state index contributed by atoms with van der Waals surface area (Å²) < 4.78 is 37.0. The number of anilines is 1. The molecule has 0 spiro atoms. The maximum Gasteiger partial charge on any atom is 0.259 e. The van der Waals surface area contributed by atoms with Crippen LogP contribution in [0, 0.1) is 0 Å². The van der Waals surface area contributed by atoms with Crippen molar-refractivity contribution in [1.82, 2.24) is 4.31 Å². The topological polar surface area (TPSA) is 84.9 Å². The minimum atomic E-state index is -3.67. The Labute approximate surface area is 176 Å². The Balaban J connectivity index is 2.04. The van der Waals surface area contributed by atoms with Gasteiger partial charge in [-0.25, -0.2) is 12.7 Å². The number of benzene rings is 3. The Morgan fingerprint density at radius 1 is 1.00 bits per heavy atom. The van der Waals surface area contributed by atoms with E-state index in [-0.39, 0.29) is 10.6 Å². The smallest absolute Gasteiger partial charge is 0.259 e. The average molecular weight is 429 g/mol. The predicted molar refractivity (Wildman–Crippen MR) is 117 cm³/mol. The summed E-state index contributed by atoms with van der Waals surface area (Å²) in [7, 11) is 0.674. The van der Waals surface area contributed by atoms with Crippen molar-refractivity contribution >= 4 is 32.4 Å². The zero-order chi connectivity index (χ0) is 21.9. The standard InChI is InChI=1S/C22H24N2O5S/c1-5-29-21-13-16-9-7-6-8-15(16)12-18(21)22(25)23-19-14-17(10-11-20(19)28-4)30(26,27)24(2)3/h6-14H,5H2,1-4H3,(H,23,25). The molecule has 0 aliphatic rings. The average Bonchev–Trinajstić information content (AvgIpc) is 2.73. The fourth-order valence-corrected chi connectivity index (χ4v) is 3.95. The molecule has 0 unspecified atom stereocenters. The van der Waals surface area contributed by atoms with Crippen LogP contribution in [0.25, 0.3) is 10.8 Å². The van der Waals surface area contributed by atoms with Crippen molar-refractivity contribution in [3.8, 4) is 11.5 Å². The summed E-state index contributed by atoms with van der Waals surface area (Å²) in [4.78, 5) is 13.2. The van der Waals surface area contributed by atoms with Crippen molar-refractivity contribution in [3.05, 3.63) is 60.2 Å². The molecule has 1 N–H and O–H groups in total. The first-order valence-corrected chi connectivity index (χ1v) is 10.8. The molecule has 30 heavy (non-hydrogen) atoms. The molecule has 0 aliphatic carbocycles. The maximum absolute atomic E-state index is 13.1. The van der Waals surface area contributed by atoms with Crippen LogP contribution in [0.1, 0.15) is 17.3 Å². The second-order valence-corrected chi connectivity index (χ2v) is 8.88. The molecule has 0 aliphatic heterocycles. The lowest BCUT2D eigenvalue weighted by molar-refractivity contribution is 0.102. The summed E-state index contributed by atoms with van der Waals surface area (Å²) in [6, 6.07) is 15.6. The summed E-state index contributed by atoms with van der Waals surface area (Å²) in [5.74, 6) is 0.367. The Hall–Kier alpha value is -3.10. The van der Waals surface area contributed by atoms with E-state index in [1.54, 1.807) is 6.07 Å². The van der Waals surface area contributed by atoms with E-state index in [2.05, 4.69) is 5.32 Å². The molecule has 1 amide bonds. The van der Waals surface area contributed by atoms with Gasteiger partial charge in [-0.2, -0.15) is 0 Å². The van der Waals surface area contributed by atoms with Crippen LogP contribution in [-0.4, -0.2) is 46.4 Å². The number of rotatable bonds is 7. The van der Waals surface area contributed by atoms with Crippen LogP contribution >= 0.6 is 0 Å².